The van der Waals surface area contributed by atoms with Crippen LogP contribution in [0.4, 0.5) is 5.95 Å². The van der Waals surface area contributed by atoms with Crippen LogP contribution in [0.15, 0.2) is 42.5 Å². The summed E-state index contributed by atoms with van der Waals surface area (Å²) in [5.74, 6) is -0.0252. The zero-order chi connectivity index (χ0) is 17.8. The van der Waals surface area contributed by atoms with E-state index in [0.717, 1.165) is 5.56 Å². The van der Waals surface area contributed by atoms with Crippen LogP contribution in [0.5, 0.6) is 5.75 Å². The molecule has 1 aromatic heterocycles. The van der Waals surface area contributed by atoms with Crippen LogP contribution in [0, 0.1) is 0 Å². The number of nitrogens with zero attached hydrogens (tertiary/aromatic N) is 4. The molecule has 3 aromatic rings. The third-order valence-corrected chi connectivity index (χ3v) is 4.04. The fraction of sp³-hybridized carbons (Fsp3) is 0.125. The van der Waals surface area contributed by atoms with Crippen molar-refractivity contribution in [3.63, 3.8) is 0 Å². The van der Waals surface area contributed by atoms with Gasteiger partial charge in [-0.15, -0.1) is 0 Å². The third-order valence-electron chi connectivity index (χ3n) is 3.37. The minimum atomic E-state index is -0.468. The van der Waals surface area contributed by atoms with Crippen molar-refractivity contribution in [1.29, 1.82) is 0 Å². The van der Waals surface area contributed by atoms with Gasteiger partial charge in [-0.2, -0.15) is 0 Å². The lowest BCUT2D eigenvalue weighted by Crippen LogP contribution is -2.16. The number of hydrogen-bond donors (Lipinski definition) is 1. The van der Waals surface area contributed by atoms with Gasteiger partial charge in [-0.05, 0) is 28.1 Å². The monoisotopic (exact) mass is 377 g/mol. The lowest BCUT2D eigenvalue weighted by molar-refractivity contribution is 0.102. The highest BCUT2D eigenvalue weighted by atomic mass is 35.5. The number of ether oxygens (including phenoxy) is 1. The molecular formula is C16H13Cl2N5O2. The Bertz CT molecular complexity index is 899. The van der Waals surface area contributed by atoms with Crippen molar-refractivity contribution in [3.05, 3.63) is 63.6 Å². The fourth-order valence-corrected chi connectivity index (χ4v) is 2.64. The van der Waals surface area contributed by atoms with Crippen LogP contribution in [0.3, 0.4) is 0 Å². The molecule has 128 valence electrons. The molecule has 0 saturated heterocycles. The summed E-state index contributed by atoms with van der Waals surface area (Å²) in [5.41, 5.74) is 1.16. The SMILES string of the molecule is Cn1nnnc1NC(=O)c1ccc(Cl)c(OCc2ccccc2)c1Cl. The molecule has 0 bridgehead atoms. The van der Waals surface area contributed by atoms with Gasteiger partial charge in [0.15, 0.2) is 5.75 Å². The number of hydrogen-bond acceptors (Lipinski definition) is 5. The lowest BCUT2D eigenvalue weighted by Gasteiger charge is -2.13. The maximum atomic E-state index is 12.4. The number of carbonyl (C=O) groups excluding carboxylic acids is 1. The highest BCUT2D eigenvalue weighted by Crippen LogP contribution is 2.36. The summed E-state index contributed by atoms with van der Waals surface area (Å²) in [7, 11) is 1.60. The van der Waals surface area contributed by atoms with Gasteiger partial charge >= 0.3 is 0 Å². The smallest absolute Gasteiger partial charge is 0.259 e. The molecule has 0 saturated carbocycles. The first-order chi connectivity index (χ1) is 12.1. The largest absolute Gasteiger partial charge is 0.486 e. The summed E-state index contributed by atoms with van der Waals surface area (Å²) in [6.07, 6.45) is 0. The molecule has 1 N–H and O–H groups in total. The van der Waals surface area contributed by atoms with Crippen LogP contribution in [0.2, 0.25) is 10.0 Å². The Labute approximate surface area is 153 Å². The van der Waals surface area contributed by atoms with Crippen LogP contribution in [-0.2, 0) is 13.7 Å². The third kappa shape index (κ3) is 3.89. The van der Waals surface area contributed by atoms with E-state index < -0.39 is 5.91 Å². The summed E-state index contributed by atoms with van der Waals surface area (Å²) >= 11 is 12.5. The first kappa shape index (κ1) is 17.2. The number of halogens is 2. The predicted octanol–water partition coefficient (Wildman–Crippen LogP) is 3.35. The minimum Gasteiger partial charge on any atom is -0.486 e. The number of rotatable bonds is 5. The maximum Gasteiger partial charge on any atom is 0.259 e. The zero-order valence-corrected chi connectivity index (χ0v) is 14.6. The van der Waals surface area contributed by atoms with Crippen LogP contribution in [0.25, 0.3) is 0 Å². The van der Waals surface area contributed by atoms with Gasteiger partial charge in [0.2, 0.25) is 5.95 Å². The standard InChI is InChI=1S/C16H13Cl2N5O2/c1-23-16(20-21-22-23)19-15(24)11-7-8-12(17)14(13(11)18)25-9-10-5-3-2-4-6-10/h2-8H,9H2,1H3,(H,19,20,22,24). The number of aryl methyl sites for hydroxylation is 1. The minimum absolute atomic E-state index is 0.121. The molecule has 0 fully saturated rings. The Hall–Kier alpha value is -2.64. The van der Waals surface area contributed by atoms with Gasteiger partial charge in [-0.1, -0.05) is 58.6 Å². The van der Waals surface area contributed by atoms with Crippen molar-refractivity contribution in [2.75, 3.05) is 5.32 Å². The molecule has 3 rings (SSSR count). The molecule has 0 aliphatic carbocycles. The van der Waals surface area contributed by atoms with E-state index in [1.807, 2.05) is 30.3 Å². The van der Waals surface area contributed by atoms with E-state index in [0.29, 0.717) is 5.02 Å². The number of aromatic nitrogens is 4. The summed E-state index contributed by atoms with van der Waals surface area (Å²) in [6, 6.07) is 12.6. The average molecular weight is 378 g/mol. The normalized spacial score (nSPS) is 10.5. The van der Waals surface area contributed by atoms with Crippen molar-refractivity contribution in [2.45, 2.75) is 6.61 Å². The van der Waals surface area contributed by atoms with Gasteiger partial charge in [0.05, 0.1) is 15.6 Å². The summed E-state index contributed by atoms with van der Waals surface area (Å²) in [5, 5.41) is 13.8. The Morgan fingerprint density at radius 1 is 1.20 bits per heavy atom. The Morgan fingerprint density at radius 3 is 2.64 bits per heavy atom. The molecule has 0 spiro atoms. The van der Waals surface area contributed by atoms with Crippen molar-refractivity contribution >= 4 is 35.1 Å². The van der Waals surface area contributed by atoms with Gasteiger partial charge in [0, 0.05) is 7.05 Å². The number of carbonyl (C=O) groups is 1. The topological polar surface area (TPSA) is 81.9 Å². The van der Waals surface area contributed by atoms with Crippen LogP contribution < -0.4 is 10.1 Å². The fourth-order valence-electron chi connectivity index (χ4n) is 2.07. The number of anilines is 1. The van der Waals surface area contributed by atoms with Gasteiger partial charge in [-0.25, -0.2) is 4.68 Å². The Kier molecular flexibility index (Phi) is 5.16. The van der Waals surface area contributed by atoms with E-state index >= 15 is 0 Å². The van der Waals surface area contributed by atoms with E-state index in [2.05, 4.69) is 20.8 Å². The number of nitrogens with one attached hydrogen (secondary N) is 1. The van der Waals surface area contributed by atoms with Gasteiger partial charge in [0.1, 0.15) is 6.61 Å². The molecule has 25 heavy (non-hydrogen) atoms. The number of amides is 1. The van der Waals surface area contributed by atoms with Crippen molar-refractivity contribution in [1.82, 2.24) is 20.2 Å². The van der Waals surface area contributed by atoms with E-state index in [4.69, 9.17) is 27.9 Å². The second-order valence-corrected chi connectivity index (χ2v) is 5.88. The molecule has 2 aromatic carbocycles. The molecule has 7 nitrogen and oxygen atoms in total. The van der Waals surface area contributed by atoms with Crippen LogP contribution in [0.1, 0.15) is 15.9 Å². The summed E-state index contributed by atoms with van der Waals surface area (Å²) < 4.78 is 7.04. The van der Waals surface area contributed by atoms with Crippen molar-refractivity contribution < 1.29 is 9.53 Å². The van der Waals surface area contributed by atoms with E-state index in [1.54, 1.807) is 13.1 Å². The molecule has 9 heteroatoms. The maximum absolute atomic E-state index is 12.4. The van der Waals surface area contributed by atoms with Gasteiger partial charge in [0.25, 0.3) is 5.91 Å². The van der Waals surface area contributed by atoms with Crippen LogP contribution >= 0.6 is 23.2 Å². The first-order valence-corrected chi connectivity index (χ1v) is 8.00. The first-order valence-electron chi connectivity index (χ1n) is 7.24. The second kappa shape index (κ2) is 7.50. The molecule has 1 heterocycles. The van der Waals surface area contributed by atoms with Crippen LogP contribution in [-0.4, -0.2) is 26.1 Å². The Balaban J connectivity index is 1.81. The van der Waals surface area contributed by atoms with Crippen molar-refractivity contribution in [3.8, 4) is 5.75 Å². The molecular weight excluding hydrogens is 365 g/mol. The van der Waals surface area contributed by atoms with Crippen molar-refractivity contribution in [2.24, 2.45) is 7.05 Å². The number of tetrazole rings is 1. The van der Waals surface area contributed by atoms with E-state index in [1.165, 1.54) is 10.7 Å². The van der Waals surface area contributed by atoms with Gasteiger partial charge in [-0.3, -0.25) is 10.1 Å². The Morgan fingerprint density at radius 2 is 1.96 bits per heavy atom. The molecule has 0 radical (unpaired) electrons. The number of benzene rings is 2. The lowest BCUT2D eigenvalue weighted by atomic mass is 10.2. The van der Waals surface area contributed by atoms with E-state index in [9.17, 15) is 4.79 Å². The highest BCUT2D eigenvalue weighted by Gasteiger charge is 2.19. The molecule has 0 aliphatic heterocycles. The van der Waals surface area contributed by atoms with Gasteiger partial charge < -0.3 is 4.74 Å². The zero-order valence-electron chi connectivity index (χ0n) is 13.1. The molecule has 0 aliphatic rings. The average Bonchev–Trinajstić information content (AvgIpc) is 3.00. The summed E-state index contributed by atoms with van der Waals surface area (Å²) in [4.78, 5) is 12.4. The molecule has 1 amide bonds. The molecule has 0 atom stereocenters. The second-order valence-electron chi connectivity index (χ2n) is 5.09. The quantitative estimate of drug-likeness (QED) is 0.736. The predicted molar refractivity (Wildman–Crippen MR) is 94.0 cm³/mol. The molecule has 0 unspecified atom stereocenters. The highest BCUT2D eigenvalue weighted by molar-refractivity contribution is 6.39. The van der Waals surface area contributed by atoms with E-state index in [-0.39, 0.29) is 28.9 Å². The summed E-state index contributed by atoms with van der Waals surface area (Å²) in [6.45, 7) is 0.276.